The summed E-state index contributed by atoms with van der Waals surface area (Å²) in [5, 5.41) is 0. The van der Waals surface area contributed by atoms with Crippen molar-refractivity contribution >= 4 is 22.1 Å². The Kier molecular flexibility index (Phi) is 2.16. The third kappa shape index (κ3) is 1.33. The van der Waals surface area contributed by atoms with Gasteiger partial charge in [0.2, 0.25) is 4.75 Å². The molecule has 1 unspecified atom stereocenters. The SMILES string of the molecule is CCC1(S(=O)(=O)O)CC(=O)OC1=O. The zero-order valence-corrected chi connectivity index (χ0v) is 7.63. The molecule has 1 aliphatic heterocycles. The summed E-state index contributed by atoms with van der Waals surface area (Å²) in [6.45, 7) is 1.38. The predicted octanol–water partition coefficient (Wildman–Crippen LogP) is -0.504. The van der Waals surface area contributed by atoms with Gasteiger partial charge in [0.25, 0.3) is 10.1 Å². The van der Waals surface area contributed by atoms with Crippen LogP contribution in [-0.2, 0) is 24.4 Å². The molecule has 0 spiro atoms. The van der Waals surface area contributed by atoms with Gasteiger partial charge in [0.15, 0.2) is 0 Å². The second kappa shape index (κ2) is 2.78. The van der Waals surface area contributed by atoms with E-state index in [2.05, 4.69) is 4.74 Å². The van der Waals surface area contributed by atoms with E-state index in [0.29, 0.717) is 0 Å². The number of ether oxygens (including phenoxy) is 1. The van der Waals surface area contributed by atoms with Gasteiger partial charge >= 0.3 is 11.9 Å². The topological polar surface area (TPSA) is 97.7 Å². The van der Waals surface area contributed by atoms with Crippen LogP contribution in [0.15, 0.2) is 0 Å². The van der Waals surface area contributed by atoms with Crippen molar-refractivity contribution in [3.63, 3.8) is 0 Å². The molecular weight excluding hydrogens is 200 g/mol. The van der Waals surface area contributed by atoms with E-state index >= 15 is 0 Å². The summed E-state index contributed by atoms with van der Waals surface area (Å²) in [4.78, 5) is 21.7. The number of cyclic esters (lactones) is 2. The first kappa shape index (κ1) is 10.1. The van der Waals surface area contributed by atoms with Crippen LogP contribution in [0.1, 0.15) is 19.8 Å². The predicted molar refractivity (Wildman–Crippen MR) is 40.3 cm³/mol. The highest BCUT2D eigenvalue weighted by molar-refractivity contribution is 7.88. The minimum atomic E-state index is -4.59. The second-order valence-corrected chi connectivity index (χ2v) is 4.49. The average Bonchev–Trinajstić information content (AvgIpc) is 2.25. The highest BCUT2D eigenvalue weighted by Crippen LogP contribution is 2.32. The van der Waals surface area contributed by atoms with Gasteiger partial charge in [-0.15, -0.1) is 0 Å². The summed E-state index contributed by atoms with van der Waals surface area (Å²) in [5.74, 6) is -2.12. The molecule has 1 heterocycles. The Labute approximate surface area is 74.6 Å². The van der Waals surface area contributed by atoms with Crippen LogP contribution in [-0.4, -0.2) is 29.7 Å². The van der Waals surface area contributed by atoms with Crippen LogP contribution in [0, 0.1) is 0 Å². The first-order valence-electron chi connectivity index (χ1n) is 3.55. The maximum atomic E-state index is 11.0. The number of esters is 2. The lowest BCUT2D eigenvalue weighted by atomic mass is 10.0. The maximum absolute atomic E-state index is 11.0. The smallest absolute Gasteiger partial charge is 0.338 e. The van der Waals surface area contributed by atoms with Gasteiger partial charge in [-0.3, -0.25) is 9.35 Å². The van der Waals surface area contributed by atoms with E-state index in [1.54, 1.807) is 0 Å². The zero-order valence-electron chi connectivity index (χ0n) is 6.81. The van der Waals surface area contributed by atoms with Crippen molar-refractivity contribution in [2.75, 3.05) is 0 Å². The fourth-order valence-electron chi connectivity index (χ4n) is 1.19. The molecule has 74 valence electrons. The van der Waals surface area contributed by atoms with Crippen LogP contribution in [0.5, 0.6) is 0 Å². The zero-order chi connectivity index (χ0) is 10.3. The van der Waals surface area contributed by atoms with Crippen molar-refractivity contribution in [3.8, 4) is 0 Å². The molecule has 0 aromatic rings. The van der Waals surface area contributed by atoms with Gasteiger partial charge in [0, 0.05) is 0 Å². The molecule has 0 radical (unpaired) electrons. The van der Waals surface area contributed by atoms with Crippen LogP contribution < -0.4 is 0 Å². The molecule has 1 fully saturated rings. The molecule has 0 aromatic heterocycles. The van der Waals surface area contributed by atoms with Crippen LogP contribution in [0.3, 0.4) is 0 Å². The molecule has 1 N–H and O–H groups in total. The van der Waals surface area contributed by atoms with Crippen molar-refractivity contribution in [1.29, 1.82) is 0 Å². The van der Waals surface area contributed by atoms with Gasteiger partial charge in [-0.25, -0.2) is 4.79 Å². The summed E-state index contributed by atoms with van der Waals surface area (Å²) in [5.41, 5.74) is 0. The summed E-state index contributed by atoms with van der Waals surface area (Å²) in [6.07, 6.45) is -0.794. The Morgan fingerprint density at radius 2 is 2.08 bits per heavy atom. The van der Waals surface area contributed by atoms with Crippen LogP contribution in [0.2, 0.25) is 0 Å². The molecule has 6 nitrogen and oxygen atoms in total. The lowest BCUT2D eigenvalue weighted by Crippen LogP contribution is -2.42. The highest BCUT2D eigenvalue weighted by atomic mass is 32.2. The highest BCUT2D eigenvalue weighted by Gasteiger charge is 2.57. The molecule has 13 heavy (non-hydrogen) atoms. The van der Waals surface area contributed by atoms with Gasteiger partial charge in [0.05, 0.1) is 6.42 Å². The lowest BCUT2D eigenvalue weighted by molar-refractivity contribution is -0.152. The lowest BCUT2D eigenvalue weighted by Gasteiger charge is -2.16. The van der Waals surface area contributed by atoms with E-state index in [0.717, 1.165) is 0 Å². The van der Waals surface area contributed by atoms with E-state index in [1.165, 1.54) is 6.92 Å². The fraction of sp³-hybridized carbons (Fsp3) is 0.667. The summed E-state index contributed by atoms with van der Waals surface area (Å²) < 4.78 is 32.5. The van der Waals surface area contributed by atoms with Crippen molar-refractivity contribution in [2.45, 2.75) is 24.5 Å². The normalized spacial score (nSPS) is 29.1. The number of carbonyl (C=O) groups excluding carboxylic acids is 2. The summed E-state index contributed by atoms with van der Waals surface area (Å²) in [7, 11) is -4.59. The molecule has 0 aliphatic carbocycles. The Bertz CT molecular complexity index is 355. The molecule has 0 bridgehead atoms. The molecule has 1 aliphatic rings. The number of carbonyl (C=O) groups is 2. The van der Waals surface area contributed by atoms with Crippen molar-refractivity contribution < 1.29 is 27.3 Å². The van der Waals surface area contributed by atoms with Gasteiger partial charge in [-0.1, -0.05) is 6.92 Å². The van der Waals surface area contributed by atoms with Gasteiger partial charge in [-0.2, -0.15) is 8.42 Å². The van der Waals surface area contributed by atoms with Gasteiger partial charge in [-0.05, 0) is 6.42 Å². The summed E-state index contributed by atoms with van der Waals surface area (Å²) >= 11 is 0. The van der Waals surface area contributed by atoms with E-state index in [1.807, 2.05) is 0 Å². The molecule has 1 atom stereocenters. The maximum Gasteiger partial charge on any atom is 0.338 e. The van der Waals surface area contributed by atoms with Crippen molar-refractivity contribution in [1.82, 2.24) is 0 Å². The van der Waals surface area contributed by atoms with Crippen molar-refractivity contribution in [3.05, 3.63) is 0 Å². The van der Waals surface area contributed by atoms with E-state index in [9.17, 15) is 18.0 Å². The molecular formula is C6H8O6S. The third-order valence-corrected chi connectivity index (χ3v) is 3.66. The van der Waals surface area contributed by atoms with Crippen LogP contribution in [0.4, 0.5) is 0 Å². The quantitative estimate of drug-likeness (QED) is 0.373. The number of rotatable bonds is 2. The van der Waals surface area contributed by atoms with E-state index in [4.69, 9.17) is 4.55 Å². The molecule has 0 amide bonds. The van der Waals surface area contributed by atoms with Crippen molar-refractivity contribution in [2.24, 2.45) is 0 Å². The fourth-order valence-corrected chi connectivity index (χ4v) is 2.10. The largest absolute Gasteiger partial charge is 0.392 e. The third-order valence-electron chi connectivity index (χ3n) is 2.07. The monoisotopic (exact) mass is 208 g/mol. The summed E-state index contributed by atoms with van der Waals surface area (Å²) in [6, 6.07) is 0. The second-order valence-electron chi connectivity index (χ2n) is 2.76. The Balaban J connectivity index is 3.24. The standard InChI is InChI=1S/C6H8O6S/c1-2-6(13(9,10)11)3-4(7)12-5(6)8/h2-3H2,1H3,(H,9,10,11). The Morgan fingerprint density at radius 3 is 2.23 bits per heavy atom. The molecule has 0 saturated carbocycles. The minimum absolute atomic E-state index is 0.184. The number of hydrogen-bond donors (Lipinski definition) is 1. The Hall–Kier alpha value is -0.950. The van der Waals surface area contributed by atoms with E-state index in [-0.39, 0.29) is 6.42 Å². The van der Waals surface area contributed by atoms with E-state index < -0.39 is 33.2 Å². The average molecular weight is 208 g/mol. The van der Waals surface area contributed by atoms with Gasteiger partial charge < -0.3 is 4.74 Å². The first-order chi connectivity index (χ1) is 5.83. The van der Waals surface area contributed by atoms with Crippen LogP contribution >= 0.6 is 0 Å². The molecule has 1 rings (SSSR count). The molecule has 1 saturated heterocycles. The van der Waals surface area contributed by atoms with Gasteiger partial charge in [0.1, 0.15) is 0 Å². The first-order valence-corrected chi connectivity index (χ1v) is 4.99. The molecule has 0 aromatic carbocycles. The Morgan fingerprint density at radius 1 is 1.54 bits per heavy atom. The molecule has 7 heteroatoms. The number of hydrogen-bond acceptors (Lipinski definition) is 5. The van der Waals surface area contributed by atoms with Crippen LogP contribution in [0.25, 0.3) is 0 Å². The minimum Gasteiger partial charge on any atom is -0.392 e.